The predicted molar refractivity (Wildman–Crippen MR) is 97.0 cm³/mol. The smallest absolute Gasteiger partial charge is 0.276 e. The first-order valence-electron chi connectivity index (χ1n) is 6.51. The number of anilines is 1. The van der Waals surface area contributed by atoms with Crippen molar-refractivity contribution in [2.24, 2.45) is 0 Å². The molecule has 118 valence electrons. The van der Waals surface area contributed by atoms with Crippen LogP contribution in [0.3, 0.4) is 0 Å². The van der Waals surface area contributed by atoms with Gasteiger partial charge in [0.1, 0.15) is 10.7 Å². The summed E-state index contributed by atoms with van der Waals surface area (Å²) in [5.74, 6) is -0.0640. The zero-order chi connectivity index (χ0) is 16.4. The van der Waals surface area contributed by atoms with Crippen molar-refractivity contribution in [2.45, 2.75) is 6.54 Å². The molecule has 23 heavy (non-hydrogen) atoms. The second kappa shape index (κ2) is 6.90. The van der Waals surface area contributed by atoms with Gasteiger partial charge in [0, 0.05) is 11.2 Å². The Bertz CT molecular complexity index is 860. The van der Waals surface area contributed by atoms with Crippen LogP contribution in [0.2, 0.25) is 10.0 Å². The zero-order valence-corrected chi connectivity index (χ0v) is 15.2. The Hall–Kier alpha value is -1.58. The Morgan fingerprint density at radius 3 is 2.78 bits per heavy atom. The van der Waals surface area contributed by atoms with E-state index in [1.807, 2.05) is 46.9 Å². The molecule has 0 spiro atoms. The lowest BCUT2D eigenvalue weighted by atomic mass is 10.2. The number of hydrogen-bond donors (Lipinski definition) is 2. The highest BCUT2D eigenvalue weighted by atomic mass is 127. The number of aromatic amines is 1. The van der Waals surface area contributed by atoms with Gasteiger partial charge in [-0.05, 0) is 34.2 Å². The molecule has 3 rings (SSSR count). The van der Waals surface area contributed by atoms with Crippen molar-refractivity contribution in [2.75, 3.05) is 5.32 Å². The molecule has 0 fully saturated rings. The summed E-state index contributed by atoms with van der Waals surface area (Å²) >= 11 is 14.3. The molecule has 0 saturated carbocycles. The molecule has 0 radical (unpaired) electrons. The van der Waals surface area contributed by atoms with E-state index in [-0.39, 0.29) is 11.7 Å². The van der Waals surface area contributed by atoms with Gasteiger partial charge in [-0.1, -0.05) is 41.4 Å². The number of rotatable bonds is 4. The fraction of sp³-hybridized carbons (Fsp3) is 0.0714. The number of carbonyl (C=O) groups is 1. The maximum Gasteiger partial charge on any atom is 0.276 e. The minimum atomic E-state index is -0.350. The number of aromatic nitrogens is 4. The zero-order valence-electron chi connectivity index (χ0n) is 11.6. The highest BCUT2D eigenvalue weighted by molar-refractivity contribution is 14.1. The lowest BCUT2D eigenvalue weighted by molar-refractivity contribution is 0.102. The quantitative estimate of drug-likeness (QED) is 0.580. The van der Waals surface area contributed by atoms with Gasteiger partial charge in [0.15, 0.2) is 5.82 Å². The standard InChI is InChI=1S/C14H10Cl2IN5O/c15-9-4-2-1-3-8(9)6-22-7-10(16)13(21-22)19-14(23)12-11(17)5-18-20-12/h1-5,7H,6H2,(H,18,20)(H,19,21,23). The molecular weight excluding hydrogens is 452 g/mol. The van der Waals surface area contributed by atoms with Crippen LogP contribution in [0.1, 0.15) is 16.1 Å². The van der Waals surface area contributed by atoms with Crippen LogP contribution in [0.4, 0.5) is 5.82 Å². The van der Waals surface area contributed by atoms with Crippen molar-refractivity contribution in [3.8, 4) is 0 Å². The Balaban J connectivity index is 1.78. The van der Waals surface area contributed by atoms with Crippen molar-refractivity contribution in [1.82, 2.24) is 20.0 Å². The molecule has 0 aliphatic carbocycles. The van der Waals surface area contributed by atoms with E-state index >= 15 is 0 Å². The van der Waals surface area contributed by atoms with Gasteiger partial charge in [0.2, 0.25) is 0 Å². The molecule has 3 aromatic rings. The molecule has 0 unspecified atom stereocenters. The number of benzene rings is 1. The normalized spacial score (nSPS) is 10.7. The first-order chi connectivity index (χ1) is 11.0. The van der Waals surface area contributed by atoms with E-state index in [4.69, 9.17) is 23.2 Å². The van der Waals surface area contributed by atoms with E-state index in [1.165, 1.54) is 0 Å². The van der Waals surface area contributed by atoms with Crippen molar-refractivity contribution < 1.29 is 4.79 Å². The number of carbonyl (C=O) groups excluding carboxylic acids is 1. The van der Waals surface area contributed by atoms with Crippen molar-refractivity contribution in [3.63, 3.8) is 0 Å². The summed E-state index contributed by atoms with van der Waals surface area (Å²) in [5, 5.41) is 14.4. The maximum absolute atomic E-state index is 12.2. The molecule has 2 aromatic heterocycles. The van der Waals surface area contributed by atoms with Gasteiger partial charge < -0.3 is 5.32 Å². The third-order valence-corrected chi connectivity index (χ3v) is 4.52. The molecule has 0 aliphatic heterocycles. The van der Waals surface area contributed by atoms with Crippen LogP contribution in [0, 0.1) is 3.57 Å². The van der Waals surface area contributed by atoms with Crippen molar-refractivity contribution >= 4 is 57.5 Å². The molecule has 1 amide bonds. The van der Waals surface area contributed by atoms with E-state index in [0.29, 0.717) is 25.9 Å². The van der Waals surface area contributed by atoms with Gasteiger partial charge >= 0.3 is 0 Å². The fourth-order valence-corrected chi connectivity index (χ4v) is 2.86. The lowest BCUT2D eigenvalue weighted by Crippen LogP contribution is -2.14. The highest BCUT2D eigenvalue weighted by Gasteiger charge is 2.16. The van der Waals surface area contributed by atoms with Gasteiger partial charge in [-0.25, -0.2) is 0 Å². The lowest BCUT2D eigenvalue weighted by Gasteiger charge is -2.04. The molecule has 9 heteroatoms. The SMILES string of the molecule is O=C(Nc1nn(Cc2ccccc2Cl)cc1Cl)c1[nH]ncc1I. The van der Waals surface area contributed by atoms with Crippen LogP contribution < -0.4 is 5.32 Å². The number of amides is 1. The molecule has 0 aliphatic rings. The third-order valence-electron chi connectivity index (χ3n) is 3.06. The summed E-state index contributed by atoms with van der Waals surface area (Å²) in [4.78, 5) is 12.2. The molecule has 1 aromatic carbocycles. The monoisotopic (exact) mass is 461 g/mol. The molecule has 2 N–H and O–H groups in total. The minimum absolute atomic E-state index is 0.286. The van der Waals surface area contributed by atoms with E-state index in [9.17, 15) is 4.79 Å². The van der Waals surface area contributed by atoms with Gasteiger partial charge in [0.05, 0.1) is 16.3 Å². The Morgan fingerprint density at radius 1 is 1.30 bits per heavy atom. The first kappa shape index (κ1) is 16.3. The fourth-order valence-electron chi connectivity index (χ4n) is 1.96. The largest absolute Gasteiger partial charge is 0.302 e. The number of nitrogens with zero attached hydrogens (tertiary/aromatic N) is 3. The van der Waals surface area contributed by atoms with Crippen LogP contribution in [0.5, 0.6) is 0 Å². The Labute approximate surface area is 155 Å². The summed E-state index contributed by atoms with van der Waals surface area (Å²) in [5.41, 5.74) is 1.27. The van der Waals surface area contributed by atoms with Crippen LogP contribution >= 0.6 is 45.8 Å². The van der Waals surface area contributed by atoms with E-state index in [2.05, 4.69) is 20.6 Å². The predicted octanol–water partition coefficient (Wildman–Crippen LogP) is 3.82. The second-order valence-electron chi connectivity index (χ2n) is 4.66. The molecule has 6 nitrogen and oxygen atoms in total. The number of nitrogens with one attached hydrogen (secondary N) is 2. The topological polar surface area (TPSA) is 75.6 Å². The number of hydrogen-bond acceptors (Lipinski definition) is 3. The molecule has 2 heterocycles. The highest BCUT2D eigenvalue weighted by Crippen LogP contribution is 2.22. The van der Waals surface area contributed by atoms with Crippen LogP contribution in [0.25, 0.3) is 0 Å². The van der Waals surface area contributed by atoms with Gasteiger partial charge in [0.25, 0.3) is 5.91 Å². The Kier molecular flexibility index (Phi) is 4.88. The summed E-state index contributed by atoms with van der Waals surface area (Å²) in [7, 11) is 0. The third kappa shape index (κ3) is 3.67. The molecule has 0 bridgehead atoms. The van der Waals surface area contributed by atoms with Crippen LogP contribution in [-0.2, 0) is 6.54 Å². The van der Waals surface area contributed by atoms with Crippen LogP contribution in [-0.4, -0.2) is 25.9 Å². The van der Waals surface area contributed by atoms with Gasteiger partial charge in [-0.2, -0.15) is 10.2 Å². The summed E-state index contributed by atoms with van der Waals surface area (Å²) in [6.45, 7) is 0.455. The molecule has 0 atom stereocenters. The van der Waals surface area contributed by atoms with Gasteiger partial charge in [-0.3, -0.25) is 14.6 Å². The minimum Gasteiger partial charge on any atom is -0.302 e. The molecule has 0 saturated heterocycles. The maximum atomic E-state index is 12.2. The van der Waals surface area contributed by atoms with Crippen molar-refractivity contribution in [3.05, 3.63) is 61.5 Å². The first-order valence-corrected chi connectivity index (χ1v) is 8.34. The molecular formula is C14H10Cl2IN5O. The van der Waals surface area contributed by atoms with Crippen LogP contribution in [0.15, 0.2) is 36.7 Å². The van der Waals surface area contributed by atoms with E-state index < -0.39 is 0 Å². The van der Waals surface area contributed by atoms with E-state index in [1.54, 1.807) is 17.1 Å². The summed E-state index contributed by atoms with van der Waals surface area (Å²) in [6, 6.07) is 7.47. The Morgan fingerprint density at radius 2 is 2.09 bits per heavy atom. The summed E-state index contributed by atoms with van der Waals surface area (Å²) in [6.07, 6.45) is 3.20. The average molecular weight is 462 g/mol. The van der Waals surface area contributed by atoms with Crippen molar-refractivity contribution in [1.29, 1.82) is 0 Å². The van der Waals surface area contributed by atoms with E-state index in [0.717, 1.165) is 5.56 Å². The van der Waals surface area contributed by atoms with Gasteiger partial charge in [-0.15, -0.1) is 0 Å². The average Bonchev–Trinajstić information content (AvgIpc) is 3.08. The second-order valence-corrected chi connectivity index (χ2v) is 6.64. The number of H-pyrrole nitrogens is 1. The number of halogens is 3. The summed E-state index contributed by atoms with van der Waals surface area (Å²) < 4.78 is 2.34.